The lowest BCUT2D eigenvalue weighted by Gasteiger charge is -2.19. The Labute approximate surface area is 132 Å². The predicted molar refractivity (Wildman–Crippen MR) is 88.2 cm³/mol. The molecule has 2 N–H and O–H groups in total. The molecule has 0 unspecified atom stereocenters. The molecule has 0 aliphatic carbocycles. The SMILES string of the molecule is O=S(=O)(Nc1ccc2c(c1)CCCN2)c1ccccc1Br. The molecule has 1 heterocycles. The number of anilines is 2. The van der Waals surface area contributed by atoms with Crippen molar-refractivity contribution in [3.8, 4) is 0 Å². The summed E-state index contributed by atoms with van der Waals surface area (Å²) in [6.07, 6.45) is 2.03. The number of hydrogen-bond donors (Lipinski definition) is 2. The summed E-state index contributed by atoms with van der Waals surface area (Å²) in [6.45, 7) is 0.967. The van der Waals surface area contributed by atoms with Crippen LogP contribution >= 0.6 is 15.9 Å². The van der Waals surface area contributed by atoms with E-state index in [-0.39, 0.29) is 4.90 Å². The van der Waals surface area contributed by atoms with Gasteiger partial charge >= 0.3 is 0 Å². The number of halogens is 1. The smallest absolute Gasteiger partial charge is 0.263 e. The maximum atomic E-state index is 12.4. The number of rotatable bonds is 3. The molecule has 0 saturated carbocycles. The van der Waals surface area contributed by atoms with Gasteiger partial charge in [0.25, 0.3) is 10.0 Å². The van der Waals surface area contributed by atoms with Crippen LogP contribution in [0.2, 0.25) is 0 Å². The maximum Gasteiger partial charge on any atom is 0.263 e. The molecule has 1 aliphatic rings. The molecule has 0 saturated heterocycles. The first-order valence-corrected chi connectivity index (χ1v) is 8.98. The summed E-state index contributed by atoms with van der Waals surface area (Å²) in [4.78, 5) is 0.237. The van der Waals surface area contributed by atoms with Gasteiger partial charge in [0.15, 0.2) is 0 Å². The topological polar surface area (TPSA) is 58.2 Å². The molecule has 0 aromatic heterocycles. The van der Waals surface area contributed by atoms with Gasteiger partial charge in [-0.25, -0.2) is 8.42 Å². The summed E-state index contributed by atoms with van der Waals surface area (Å²) in [5, 5.41) is 3.31. The van der Waals surface area contributed by atoms with Crippen molar-refractivity contribution in [3.05, 3.63) is 52.5 Å². The zero-order valence-electron chi connectivity index (χ0n) is 11.3. The zero-order chi connectivity index (χ0) is 14.9. The van der Waals surface area contributed by atoms with E-state index in [1.54, 1.807) is 30.3 Å². The minimum atomic E-state index is -3.59. The molecule has 6 heteroatoms. The van der Waals surface area contributed by atoms with Crippen LogP contribution in [-0.4, -0.2) is 15.0 Å². The van der Waals surface area contributed by atoms with Crippen LogP contribution in [0.4, 0.5) is 11.4 Å². The van der Waals surface area contributed by atoms with Gasteiger partial charge in [-0.2, -0.15) is 0 Å². The molecule has 0 bridgehead atoms. The molecule has 4 nitrogen and oxygen atoms in total. The monoisotopic (exact) mass is 366 g/mol. The fourth-order valence-electron chi connectivity index (χ4n) is 2.41. The van der Waals surface area contributed by atoms with Crippen molar-refractivity contribution in [2.24, 2.45) is 0 Å². The van der Waals surface area contributed by atoms with E-state index in [0.717, 1.165) is 30.6 Å². The van der Waals surface area contributed by atoms with E-state index in [0.29, 0.717) is 10.2 Å². The van der Waals surface area contributed by atoms with Crippen molar-refractivity contribution in [3.63, 3.8) is 0 Å². The van der Waals surface area contributed by atoms with Crippen LogP contribution in [-0.2, 0) is 16.4 Å². The Morgan fingerprint density at radius 3 is 2.76 bits per heavy atom. The van der Waals surface area contributed by atoms with Crippen molar-refractivity contribution in [1.82, 2.24) is 0 Å². The molecule has 0 radical (unpaired) electrons. The first kappa shape index (κ1) is 14.4. The van der Waals surface area contributed by atoms with Gasteiger partial charge in [0.05, 0.1) is 0 Å². The number of aryl methyl sites for hydroxylation is 1. The van der Waals surface area contributed by atoms with Crippen molar-refractivity contribution >= 4 is 37.3 Å². The molecule has 0 amide bonds. The standard InChI is InChI=1S/C15H15BrN2O2S/c16-13-5-1-2-6-15(13)21(19,20)18-12-7-8-14-11(10-12)4-3-9-17-14/h1-2,5-8,10,17-18H,3-4,9H2. The van der Waals surface area contributed by atoms with Gasteiger partial charge in [-0.15, -0.1) is 0 Å². The number of sulfonamides is 1. The van der Waals surface area contributed by atoms with E-state index in [2.05, 4.69) is 26.0 Å². The van der Waals surface area contributed by atoms with E-state index in [1.165, 1.54) is 0 Å². The highest BCUT2D eigenvalue weighted by molar-refractivity contribution is 9.10. The van der Waals surface area contributed by atoms with Crippen LogP contribution in [0.5, 0.6) is 0 Å². The third-order valence-corrected chi connectivity index (χ3v) is 5.82. The van der Waals surface area contributed by atoms with E-state index < -0.39 is 10.0 Å². The highest BCUT2D eigenvalue weighted by Crippen LogP contribution is 2.28. The maximum absolute atomic E-state index is 12.4. The van der Waals surface area contributed by atoms with Crippen LogP contribution in [0.25, 0.3) is 0 Å². The van der Waals surface area contributed by atoms with E-state index in [9.17, 15) is 8.42 Å². The zero-order valence-corrected chi connectivity index (χ0v) is 13.7. The summed E-state index contributed by atoms with van der Waals surface area (Å²) in [5.74, 6) is 0. The Kier molecular flexibility index (Phi) is 3.91. The fraction of sp³-hybridized carbons (Fsp3) is 0.200. The molecule has 2 aromatic carbocycles. The lowest BCUT2D eigenvalue weighted by molar-refractivity contribution is 0.601. The van der Waals surface area contributed by atoms with Crippen molar-refractivity contribution in [1.29, 1.82) is 0 Å². The molecule has 2 aromatic rings. The number of nitrogens with one attached hydrogen (secondary N) is 2. The van der Waals surface area contributed by atoms with Crippen molar-refractivity contribution in [2.45, 2.75) is 17.7 Å². The van der Waals surface area contributed by atoms with E-state index in [4.69, 9.17) is 0 Å². The van der Waals surface area contributed by atoms with E-state index in [1.807, 2.05) is 12.1 Å². The normalized spacial score (nSPS) is 14.1. The summed E-state index contributed by atoms with van der Waals surface area (Å²) >= 11 is 3.28. The highest BCUT2D eigenvalue weighted by Gasteiger charge is 2.18. The average molecular weight is 367 g/mol. The second-order valence-corrected chi connectivity index (χ2v) is 7.44. The van der Waals surface area contributed by atoms with Crippen LogP contribution < -0.4 is 10.0 Å². The molecular weight excluding hydrogens is 352 g/mol. The molecule has 0 spiro atoms. The number of benzene rings is 2. The van der Waals surface area contributed by atoms with Crippen molar-refractivity contribution < 1.29 is 8.42 Å². The van der Waals surface area contributed by atoms with Gasteiger partial charge in [-0.3, -0.25) is 4.72 Å². The number of fused-ring (bicyclic) bond motifs is 1. The number of hydrogen-bond acceptors (Lipinski definition) is 3. The van der Waals surface area contributed by atoms with Gasteiger partial charge in [0.1, 0.15) is 4.90 Å². The van der Waals surface area contributed by atoms with E-state index >= 15 is 0 Å². The Morgan fingerprint density at radius 1 is 1.14 bits per heavy atom. The Morgan fingerprint density at radius 2 is 1.95 bits per heavy atom. The van der Waals surface area contributed by atoms with Gasteiger partial charge < -0.3 is 5.32 Å². The second kappa shape index (κ2) is 5.69. The Balaban J connectivity index is 1.91. The molecule has 0 fully saturated rings. The van der Waals surface area contributed by atoms with Crippen LogP contribution in [0.3, 0.4) is 0 Å². The summed E-state index contributed by atoms with van der Waals surface area (Å²) in [7, 11) is -3.59. The Bertz CT molecular complexity index is 775. The van der Waals surface area contributed by atoms with Gasteiger partial charge in [0.2, 0.25) is 0 Å². The highest BCUT2D eigenvalue weighted by atomic mass is 79.9. The Hall–Kier alpha value is -1.53. The van der Waals surface area contributed by atoms with Crippen LogP contribution in [0, 0.1) is 0 Å². The minimum absolute atomic E-state index is 0.237. The molecule has 1 aliphatic heterocycles. The minimum Gasteiger partial charge on any atom is -0.385 e. The molecular formula is C15H15BrN2O2S. The quantitative estimate of drug-likeness (QED) is 0.872. The van der Waals surface area contributed by atoms with Gasteiger partial charge in [-0.1, -0.05) is 12.1 Å². The molecule has 21 heavy (non-hydrogen) atoms. The summed E-state index contributed by atoms with van der Waals surface area (Å²) in [5.41, 5.74) is 2.83. The molecule has 110 valence electrons. The second-order valence-electron chi connectivity index (χ2n) is 4.94. The van der Waals surface area contributed by atoms with Crippen LogP contribution in [0.1, 0.15) is 12.0 Å². The summed E-state index contributed by atoms with van der Waals surface area (Å²) < 4.78 is 28.1. The predicted octanol–water partition coefficient (Wildman–Crippen LogP) is 3.61. The average Bonchev–Trinajstić information content (AvgIpc) is 2.47. The van der Waals surface area contributed by atoms with Gasteiger partial charge in [-0.05, 0) is 64.7 Å². The lowest BCUT2D eigenvalue weighted by Crippen LogP contribution is -2.15. The molecule has 3 rings (SSSR count). The fourth-order valence-corrected chi connectivity index (χ4v) is 4.46. The van der Waals surface area contributed by atoms with Crippen LogP contribution in [0.15, 0.2) is 51.8 Å². The van der Waals surface area contributed by atoms with Crippen molar-refractivity contribution in [2.75, 3.05) is 16.6 Å². The van der Waals surface area contributed by atoms with Gasteiger partial charge in [0, 0.05) is 22.4 Å². The largest absolute Gasteiger partial charge is 0.385 e. The summed E-state index contributed by atoms with van der Waals surface area (Å²) in [6, 6.07) is 12.4. The first-order valence-electron chi connectivity index (χ1n) is 6.70. The lowest BCUT2D eigenvalue weighted by atomic mass is 10.0. The molecule has 0 atom stereocenters. The first-order chi connectivity index (χ1) is 10.1. The third-order valence-electron chi connectivity index (χ3n) is 3.42. The third kappa shape index (κ3) is 3.06.